The summed E-state index contributed by atoms with van der Waals surface area (Å²) in [4.78, 5) is 31.1. The number of nitrogens with one attached hydrogen (secondary N) is 1. The molecular weight excluding hydrogens is 372 g/mol. The van der Waals surface area contributed by atoms with Gasteiger partial charge in [-0.3, -0.25) is 9.59 Å². The van der Waals surface area contributed by atoms with Crippen molar-refractivity contribution in [1.82, 2.24) is 10.3 Å². The lowest BCUT2D eigenvalue weighted by atomic mass is 9.93. The van der Waals surface area contributed by atoms with E-state index < -0.39 is 0 Å². The van der Waals surface area contributed by atoms with Crippen LogP contribution in [0.1, 0.15) is 54.6 Å². The highest BCUT2D eigenvalue weighted by Gasteiger charge is 2.24. The molecule has 2 aromatic rings. The van der Waals surface area contributed by atoms with Gasteiger partial charge in [0, 0.05) is 31.7 Å². The number of nitrogens with two attached hydrogens (primary N) is 1. The molecule has 0 aromatic carbocycles. The minimum atomic E-state index is -0.384. The number of amides is 2. The van der Waals surface area contributed by atoms with Crippen LogP contribution in [-0.2, 0) is 4.79 Å². The van der Waals surface area contributed by atoms with Gasteiger partial charge in [0.05, 0.1) is 9.58 Å². The molecule has 6 nitrogen and oxygen atoms in total. The average molecular weight is 401 g/mol. The highest BCUT2D eigenvalue weighted by atomic mass is 32.1. The fourth-order valence-electron chi connectivity index (χ4n) is 4.46. The van der Waals surface area contributed by atoms with E-state index in [2.05, 4.69) is 15.2 Å². The first-order valence-corrected chi connectivity index (χ1v) is 11.1. The van der Waals surface area contributed by atoms with Gasteiger partial charge in [-0.25, -0.2) is 4.98 Å². The fourth-order valence-corrected chi connectivity index (χ4v) is 5.49. The Morgan fingerprint density at radius 1 is 1.21 bits per heavy atom. The molecule has 0 unspecified atom stereocenters. The van der Waals surface area contributed by atoms with Crippen LogP contribution in [0, 0.1) is 11.8 Å². The van der Waals surface area contributed by atoms with Gasteiger partial charge in [0.15, 0.2) is 0 Å². The molecule has 7 heteroatoms. The molecule has 1 saturated carbocycles. The van der Waals surface area contributed by atoms with Gasteiger partial charge in [-0.1, -0.05) is 12.8 Å². The van der Waals surface area contributed by atoms with Crippen molar-refractivity contribution in [3.8, 4) is 0 Å². The number of carbonyl (C=O) groups excluding carboxylic acids is 2. The first kappa shape index (κ1) is 19.2. The molecule has 3 N–H and O–H groups in total. The van der Waals surface area contributed by atoms with Crippen molar-refractivity contribution >= 4 is 39.1 Å². The zero-order valence-corrected chi connectivity index (χ0v) is 17.0. The van der Waals surface area contributed by atoms with E-state index in [1.54, 1.807) is 6.20 Å². The molecule has 2 fully saturated rings. The number of aromatic nitrogens is 1. The molecule has 1 aliphatic carbocycles. The average Bonchev–Trinajstić information content (AvgIpc) is 3.38. The molecule has 0 radical (unpaired) electrons. The van der Waals surface area contributed by atoms with Crippen LogP contribution in [0.2, 0.25) is 0 Å². The second-order valence-corrected chi connectivity index (χ2v) is 9.07. The van der Waals surface area contributed by atoms with Crippen molar-refractivity contribution < 1.29 is 9.59 Å². The maximum Gasteiger partial charge on any atom is 0.258 e. The van der Waals surface area contributed by atoms with E-state index in [4.69, 9.17) is 5.73 Å². The molecule has 0 spiro atoms. The molecule has 4 rings (SSSR count). The summed E-state index contributed by atoms with van der Waals surface area (Å²) < 4.78 is 1.04. The van der Waals surface area contributed by atoms with Gasteiger partial charge in [-0.2, -0.15) is 0 Å². The van der Waals surface area contributed by atoms with Gasteiger partial charge in [-0.05, 0) is 55.5 Å². The van der Waals surface area contributed by atoms with Crippen LogP contribution < -0.4 is 16.0 Å². The molecule has 2 aromatic heterocycles. The Kier molecular flexibility index (Phi) is 5.80. The van der Waals surface area contributed by atoms with Crippen LogP contribution in [0.3, 0.4) is 0 Å². The Morgan fingerprint density at radius 3 is 2.68 bits per heavy atom. The van der Waals surface area contributed by atoms with Gasteiger partial charge in [0.25, 0.3) is 5.91 Å². The van der Waals surface area contributed by atoms with Gasteiger partial charge in [-0.15, -0.1) is 11.3 Å². The number of fused-ring (bicyclic) bond motifs is 1. The number of thiophene rings is 1. The molecule has 28 heavy (non-hydrogen) atoms. The summed E-state index contributed by atoms with van der Waals surface area (Å²) in [6, 6.07) is 3.79. The predicted molar refractivity (Wildman–Crippen MR) is 113 cm³/mol. The van der Waals surface area contributed by atoms with E-state index in [9.17, 15) is 9.59 Å². The number of hydrogen-bond acceptors (Lipinski definition) is 5. The standard InChI is InChI=1S/C21H28N4O2S/c22-19(26)17-13-16-6-10-23-20(18(16)28-17)25-11-7-14(8-12-25)5-9-24-21(27)15-3-1-2-4-15/h6,10,13-15H,1-5,7-9,11-12H2,(H2,22,26)(H,24,27). The van der Waals surface area contributed by atoms with Gasteiger partial charge < -0.3 is 16.0 Å². The van der Waals surface area contributed by atoms with Crippen molar-refractivity contribution in [3.63, 3.8) is 0 Å². The van der Waals surface area contributed by atoms with Crippen molar-refractivity contribution in [2.75, 3.05) is 24.5 Å². The van der Waals surface area contributed by atoms with E-state index in [1.165, 1.54) is 24.2 Å². The maximum absolute atomic E-state index is 12.1. The van der Waals surface area contributed by atoms with Crippen molar-refractivity contribution in [1.29, 1.82) is 0 Å². The molecule has 1 saturated heterocycles. The maximum atomic E-state index is 12.1. The quantitative estimate of drug-likeness (QED) is 0.779. The fraction of sp³-hybridized carbons (Fsp3) is 0.571. The van der Waals surface area contributed by atoms with E-state index >= 15 is 0 Å². The normalized spacial score (nSPS) is 18.6. The molecule has 1 aliphatic heterocycles. The molecule has 0 atom stereocenters. The first-order chi connectivity index (χ1) is 13.6. The van der Waals surface area contributed by atoms with E-state index in [1.807, 2.05) is 12.1 Å². The van der Waals surface area contributed by atoms with Crippen LogP contribution in [0.4, 0.5) is 5.82 Å². The number of hydrogen-bond donors (Lipinski definition) is 2. The third-order valence-corrected chi connectivity index (χ3v) is 7.31. The smallest absolute Gasteiger partial charge is 0.258 e. The number of nitrogens with zero attached hydrogens (tertiary/aromatic N) is 2. The number of rotatable bonds is 6. The summed E-state index contributed by atoms with van der Waals surface area (Å²) in [7, 11) is 0. The largest absolute Gasteiger partial charge is 0.365 e. The zero-order valence-electron chi connectivity index (χ0n) is 16.2. The minimum absolute atomic E-state index is 0.254. The van der Waals surface area contributed by atoms with Crippen LogP contribution in [0.5, 0.6) is 0 Å². The third kappa shape index (κ3) is 4.14. The zero-order chi connectivity index (χ0) is 19.5. The van der Waals surface area contributed by atoms with Gasteiger partial charge in [0.1, 0.15) is 5.82 Å². The lowest BCUT2D eigenvalue weighted by Crippen LogP contribution is -2.36. The topological polar surface area (TPSA) is 88.3 Å². The molecule has 0 bridgehead atoms. The third-order valence-electron chi connectivity index (χ3n) is 6.15. The number of pyridine rings is 1. The van der Waals surface area contributed by atoms with Crippen molar-refractivity contribution in [2.45, 2.75) is 44.9 Å². The Labute approximate surface area is 169 Å². The van der Waals surface area contributed by atoms with E-state index in [0.29, 0.717) is 10.8 Å². The SMILES string of the molecule is NC(=O)c1cc2ccnc(N3CCC(CCNC(=O)C4CCCC4)CC3)c2s1. The summed E-state index contributed by atoms with van der Waals surface area (Å²) in [6.45, 7) is 2.70. The van der Waals surface area contributed by atoms with Gasteiger partial charge in [0.2, 0.25) is 5.91 Å². The molecular formula is C21H28N4O2S. The van der Waals surface area contributed by atoms with Crippen molar-refractivity contribution in [3.05, 3.63) is 23.2 Å². The Balaban J connectivity index is 1.30. The summed E-state index contributed by atoms with van der Waals surface area (Å²) in [6.07, 6.45) is 9.57. The molecule has 2 aliphatic rings. The lowest BCUT2D eigenvalue weighted by molar-refractivity contribution is -0.124. The summed E-state index contributed by atoms with van der Waals surface area (Å²) in [5, 5.41) is 4.17. The second kappa shape index (κ2) is 8.47. The second-order valence-electron chi connectivity index (χ2n) is 8.02. The first-order valence-electron chi connectivity index (χ1n) is 10.3. The van der Waals surface area contributed by atoms with Crippen molar-refractivity contribution in [2.24, 2.45) is 17.6 Å². The molecule has 2 amide bonds. The Hall–Kier alpha value is -2.15. The van der Waals surface area contributed by atoms with Crippen LogP contribution in [0.25, 0.3) is 10.1 Å². The van der Waals surface area contributed by atoms with Crippen LogP contribution >= 0.6 is 11.3 Å². The van der Waals surface area contributed by atoms with E-state index in [-0.39, 0.29) is 17.7 Å². The Morgan fingerprint density at radius 2 is 1.96 bits per heavy atom. The number of piperidine rings is 1. The molecule has 150 valence electrons. The molecule has 3 heterocycles. The Bertz CT molecular complexity index is 851. The van der Waals surface area contributed by atoms with Crippen LogP contribution in [0.15, 0.2) is 18.3 Å². The van der Waals surface area contributed by atoms with Gasteiger partial charge >= 0.3 is 0 Å². The van der Waals surface area contributed by atoms with Crippen LogP contribution in [-0.4, -0.2) is 36.4 Å². The predicted octanol–water partition coefficient (Wildman–Crippen LogP) is 3.31. The highest BCUT2D eigenvalue weighted by Crippen LogP contribution is 2.34. The van der Waals surface area contributed by atoms with E-state index in [0.717, 1.165) is 67.6 Å². The lowest BCUT2D eigenvalue weighted by Gasteiger charge is -2.33. The number of anilines is 1. The summed E-state index contributed by atoms with van der Waals surface area (Å²) in [5.41, 5.74) is 5.44. The summed E-state index contributed by atoms with van der Waals surface area (Å²) >= 11 is 1.43. The number of primary amides is 1. The number of carbonyl (C=O) groups is 2. The monoisotopic (exact) mass is 400 g/mol. The highest BCUT2D eigenvalue weighted by molar-refractivity contribution is 7.21. The summed E-state index contributed by atoms with van der Waals surface area (Å²) in [5.74, 6) is 1.73. The minimum Gasteiger partial charge on any atom is -0.365 e.